The number of halogens is 1. The zero-order chi connectivity index (χ0) is 14.4. The molecule has 0 saturated carbocycles. The van der Waals surface area contributed by atoms with Crippen LogP contribution in [-0.4, -0.2) is 36.3 Å². The summed E-state index contributed by atoms with van der Waals surface area (Å²) in [5.74, 6) is -0.447. The Kier molecular flexibility index (Phi) is 2.84. The third-order valence-corrected chi connectivity index (χ3v) is 3.21. The molecular weight excluding hydrogens is 262 g/mol. The Labute approximate surface area is 114 Å². The lowest BCUT2D eigenvalue weighted by atomic mass is 9.80. The standard InChI is InChI=1S/C12H12BFN4O2/c1-7-3-4-8(2)18(7)12-15-11-10(14)9(13(19)20)5-6-17(11)16-12/h3-6,19-20H,1-2H3. The first-order chi connectivity index (χ1) is 9.49. The first-order valence-corrected chi connectivity index (χ1v) is 6.05. The fraction of sp³-hybridized carbons (Fsp3) is 0.167. The van der Waals surface area contributed by atoms with Crippen molar-refractivity contribution in [1.82, 2.24) is 19.2 Å². The second kappa shape index (κ2) is 4.43. The summed E-state index contributed by atoms with van der Waals surface area (Å²) in [6.07, 6.45) is 1.44. The number of nitrogens with zero attached hydrogens (tertiary/aromatic N) is 4. The molecule has 0 aliphatic carbocycles. The van der Waals surface area contributed by atoms with Gasteiger partial charge in [-0.05, 0) is 32.0 Å². The Morgan fingerprint density at radius 1 is 1.15 bits per heavy atom. The van der Waals surface area contributed by atoms with Crippen molar-refractivity contribution in [3.05, 3.63) is 41.6 Å². The van der Waals surface area contributed by atoms with Crippen LogP contribution in [0.3, 0.4) is 0 Å². The highest BCUT2D eigenvalue weighted by Crippen LogP contribution is 2.14. The fourth-order valence-electron chi connectivity index (χ4n) is 2.20. The van der Waals surface area contributed by atoms with Crippen molar-refractivity contribution in [1.29, 1.82) is 0 Å². The summed E-state index contributed by atoms with van der Waals surface area (Å²) in [5, 5.41) is 22.4. The number of fused-ring (bicyclic) bond motifs is 1. The minimum atomic E-state index is -1.88. The summed E-state index contributed by atoms with van der Waals surface area (Å²) in [7, 11) is -1.88. The minimum absolute atomic E-state index is 0.0434. The number of aryl methyl sites for hydroxylation is 2. The van der Waals surface area contributed by atoms with Crippen LogP contribution >= 0.6 is 0 Å². The van der Waals surface area contributed by atoms with Gasteiger partial charge < -0.3 is 10.0 Å². The van der Waals surface area contributed by atoms with E-state index in [9.17, 15) is 4.39 Å². The van der Waals surface area contributed by atoms with E-state index in [1.54, 1.807) is 4.57 Å². The number of hydrogen-bond acceptors (Lipinski definition) is 4. The maximum Gasteiger partial charge on any atom is 0.491 e. The fourth-order valence-corrected chi connectivity index (χ4v) is 2.20. The number of pyridine rings is 1. The monoisotopic (exact) mass is 274 g/mol. The molecule has 0 aliphatic rings. The molecule has 8 heteroatoms. The van der Waals surface area contributed by atoms with E-state index in [1.165, 1.54) is 16.8 Å². The lowest BCUT2D eigenvalue weighted by Gasteiger charge is -2.01. The molecule has 3 aromatic rings. The van der Waals surface area contributed by atoms with Crippen LogP contribution in [0, 0.1) is 19.7 Å². The second-order valence-electron chi connectivity index (χ2n) is 4.59. The van der Waals surface area contributed by atoms with Crippen LogP contribution in [0.1, 0.15) is 11.4 Å². The van der Waals surface area contributed by atoms with Crippen molar-refractivity contribution in [2.75, 3.05) is 0 Å². The summed E-state index contributed by atoms with van der Waals surface area (Å²) >= 11 is 0. The number of hydrogen-bond donors (Lipinski definition) is 2. The molecule has 0 aromatic carbocycles. The third kappa shape index (κ3) is 1.81. The molecule has 0 fully saturated rings. The van der Waals surface area contributed by atoms with Crippen molar-refractivity contribution >= 4 is 18.2 Å². The van der Waals surface area contributed by atoms with Crippen LogP contribution in [0.4, 0.5) is 4.39 Å². The Morgan fingerprint density at radius 3 is 2.40 bits per heavy atom. The molecule has 0 bridgehead atoms. The van der Waals surface area contributed by atoms with E-state index in [-0.39, 0.29) is 11.1 Å². The van der Waals surface area contributed by atoms with E-state index >= 15 is 0 Å². The molecule has 0 unspecified atom stereocenters. The number of aromatic nitrogens is 4. The van der Waals surface area contributed by atoms with E-state index in [4.69, 9.17) is 10.0 Å². The van der Waals surface area contributed by atoms with Crippen molar-refractivity contribution in [2.24, 2.45) is 0 Å². The topological polar surface area (TPSA) is 75.6 Å². The van der Waals surface area contributed by atoms with Gasteiger partial charge in [0.2, 0.25) is 0 Å². The van der Waals surface area contributed by atoms with Crippen molar-refractivity contribution in [3.63, 3.8) is 0 Å². The maximum atomic E-state index is 14.1. The molecule has 0 spiro atoms. The molecule has 0 aliphatic heterocycles. The van der Waals surface area contributed by atoms with Crippen LogP contribution in [0.5, 0.6) is 0 Å². The molecule has 3 rings (SSSR count). The second-order valence-corrected chi connectivity index (χ2v) is 4.59. The molecule has 20 heavy (non-hydrogen) atoms. The zero-order valence-corrected chi connectivity index (χ0v) is 10.9. The van der Waals surface area contributed by atoms with Crippen LogP contribution < -0.4 is 5.46 Å². The van der Waals surface area contributed by atoms with Crippen molar-refractivity contribution in [3.8, 4) is 5.95 Å². The molecule has 0 atom stereocenters. The van der Waals surface area contributed by atoms with Gasteiger partial charge in [-0.25, -0.2) is 8.91 Å². The minimum Gasteiger partial charge on any atom is -0.423 e. The van der Waals surface area contributed by atoms with Gasteiger partial charge in [-0.15, -0.1) is 5.10 Å². The summed E-state index contributed by atoms with van der Waals surface area (Å²) in [4.78, 5) is 4.14. The number of rotatable bonds is 2. The highest BCUT2D eigenvalue weighted by atomic mass is 19.1. The van der Waals surface area contributed by atoms with Gasteiger partial charge >= 0.3 is 7.12 Å². The molecular formula is C12H12BFN4O2. The van der Waals surface area contributed by atoms with Gasteiger partial charge in [-0.3, -0.25) is 4.57 Å². The van der Waals surface area contributed by atoms with Crippen molar-refractivity contribution < 1.29 is 14.4 Å². The molecule has 3 heterocycles. The maximum absolute atomic E-state index is 14.1. The predicted molar refractivity (Wildman–Crippen MR) is 71.6 cm³/mol. The lowest BCUT2D eigenvalue weighted by molar-refractivity contribution is 0.423. The van der Waals surface area contributed by atoms with E-state index < -0.39 is 12.9 Å². The van der Waals surface area contributed by atoms with Gasteiger partial charge in [0.15, 0.2) is 11.5 Å². The summed E-state index contributed by atoms with van der Waals surface area (Å²) < 4.78 is 17.2. The molecule has 6 nitrogen and oxygen atoms in total. The lowest BCUT2D eigenvalue weighted by Crippen LogP contribution is -2.33. The molecule has 3 aromatic heterocycles. The van der Waals surface area contributed by atoms with E-state index in [0.717, 1.165) is 11.4 Å². The van der Waals surface area contributed by atoms with Gasteiger partial charge in [0.25, 0.3) is 5.95 Å². The zero-order valence-electron chi connectivity index (χ0n) is 10.9. The Morgan fingerprint density at radius 2 is 1.80 bits per heavy atom. The first-order valence-electron chi connectivity index (χ1n) is 6.05. The van der Waals surface area contributed by atoms with Gasteiger partial charge in [-0.2, -0.15) is 4.98 Å². The predicted octanol–water partition coefficient (Wildman–Crippen LogP) is -0.0443. The highest BCUT2D eigenvalue weighted by Gasteiger charge is 2.21. The van der Waals surface area contributed by atoms with Gasteiger partial charge in [0, 0.05) is 23.0 Å². The van der Waals surface area contributed by atoms with Crippen molar-refractivity contribution in [2.45, 2.75) is 13.8 Å². The quantitative estimate of drug-likeness (QED) is 0.643. The summed E-state index contributed by atoms with van der Waals surface area (Å²) in [5.41, 5.74) is 1.60. The first kappa shape index (κ1) is 12.8. The van der Waals surface area contributed by atoms with Gasteiger partial charge in [0.1, 0.15) is 0 Å². The van der Waals surface area contributed by atoms with Gasteiger partial charge in [0.05, 0.1) is 0 Å². The summed E-state index contributed by atoms with van der Waals surface area (Å²) in [6, 6.07) is 5.10. The molecule has 0 amide bonds. The van der Waals surface area contributed by atoms with Crippen LogP contribution in [0.25, 0.3) is 11.6 Å². The normalized spacial score (nSPS) is 11.2. The Hall–Kier alpha value is -2.19. The SMILES string of the molecule is Cc1ccc(C)n1-c1nc2c(F)c(B(O)O)ccn2n1. The molecule has 2 N–H and O–H groups in total. The van der Waals surface area contributed by atoms with E-state index in [1.807, 2.05) is 26.0 Å². The Balaban J connectivity index is 2.24. The summed E-state index contributed by atoms with van der Waals surface area (Å²) in [6.45, 7) is 3.80. The molecule has 102 valence electrons. The van der Waals surface area contributed by atoms with Crippen LogP contribution in [0.2, 0.25) is 0 Å². The van der Waals surface area contributed by atoms with E-state index in [2.05, 4.69) is 10.1 Å². The van der Waals surface area contributed by atoms with Crippen LogP contribution in [0.15, 0.2) is 24.4 Å². The highest BCUT2D eigenvalue weighted by molar-refractivity contribution is 6.58. The average molecular weight is 274 g/mol. The largest absolute Gasteiger partial charge is 0.491 e. The molecule has 0 radical (unpaired) electrons. The Bertz CT molecular complexity index is 777. The van der Waals surface area contributed by atoms with Gasteiger partial charge in [-0.1, -0.05) is 0 Å². The average Bonchev–Trinajstić information content (AvgIpc) is 2.93. The third-order valence-electron chi connectivity index (χ3n) is 3.21. The smallest absolute Gasteiger partial charge is 0.423 e. The molecule has 0 saturated heterocycles. The van der Waals surface area contributed by atoms with E-state index in [0.29, 0.717) is 5.95 Å². The van der Waals surface area contributed by atoms with Crippen LogP contribution in [-0.2, 0) is 0 Å².